The zero-order valence-electron chi connectivity index (χ0n) is 22.6. The van der Waals surface area contributed by atoms with E-state index >= 15 is 0 Å². The lowest BCUT2D eigenvalue weighted by molar-refractivity contribution is -0.120. The van der Waals surface area contributed by atoms with Gasteiger partial charge in [-0.05, 0) is 66.8 Å². The Morgan fingerprint density at radius 2 is 2.05 bits per heavy atom. The molecular weight excluding hydrogens is 473 g/mol. The first kappa shape index (κ1) is 27.3. The number of ether oxygens (including phenoxy) is 2. The van der Waals surface area contributed by atoms with Gasteiger partial charge in [0.1, 0.15) is 5.60 Å². The van der Waals surface area contributed by atoms with Gasteiger partial charge in [0.2, 0.25) is 11.8 Å². The highest BCUT2D eigenvalue weighted by molar-refractivity contribution is 5.73. The molecule has 4 rings (SSSR count). The van der Waals surface area contributed by atoms with Gasteiger partial charge in [0.15, 0.2) is 11.6 Å². The maximum absolute atomic E-state index is 14.2. The molecule has 8 heteroatoms. The number of carbonyl (C=O) groups is 1. The van der Waals surface area contributed by atoms with Crippen LogP contribution >= 0.6 is 0 Å². The van der Waals surface area contributed by atoms with E-state index in [1.165, 1.54) is 20.1 Å². The fourth-order valence-corrected chi connectivity index (χ4v) is 5.39. The highest BCUT2D eigenvalue weighted by Crippen LogP contribution is 2.48. The number of aromatic nitrogens is 1. The van der Waals surface area contributed by atoms with Gasteiger partial charge in [-0.1, -0.05) is 26.8 Å². The number of amides is 1. The molecule has 37 heavy (non-hydrogen) atoms. The minimum absolute atomic E-state index is 0.0254. The lowest BCUT2D eigenvalue weighted by atomic mass is 9.73. The fourth-order valence-electron chi connectivity index (χ4n) is 5.39. The van der Waals surface area contributed by atoms with E-state index < -0.39 is 18.0 Å². The number of benzene rings is 1. The van der Waals surface area contributed by atoms with Crippen molar-refractivity contribution in [3.8, 4) is 11.6 Å². The number of hydrogen-bond acceptors (Lipinski definition) is 6. The van der Waals surface area contributed by atoms with Gasteiger partial charge in [0.05, 0.1) is 19.3 Å². The van der Waals surface area contributed by atoms with Crippen LogP contribution in [-0.4, -0.2) is 47.4 Å². The van der Waals surface area contributed by atoms with Crippen LogP contribution < -0.4 is 20.1 Å². The van der Waals surface area contributed by atoms with Crippen molar-refractivity contribution in [2.24, 2.45) is 5.41 Å². The van der Waals surface area contributed by atoms with E-state index in [0.29, 0.717) is 11.4 Å². The molecule has 1 fully saturated rings. The molecule has 0 saturated heterocycles. The summed E-state index contributed by atoms with van der Waals surface area (Å²) in [4.78, 5) is 16.6. The Hall–Kier alpha value is -2.71. The third-order valence-electron chi connectivity index (χ3n) is 7.30. The normalized spacial score (nSPS) is 19.8. The molecule has 0 unspecified atom stereocenters. The summed E-state index contributed by atoms with van der Waals surface area (Å²) < 4.78 is 25.6. The maximum atomic E-state index is 14.2. The number of fused-ring (bicyclic) bond motifs is 1. The smallest absolute Gasteiger partial charge is 0.218 e. The van der Waals surface area contributed by atoms with E-state index in [9.17, 15) is 14.3 Å². The Morgan fingerprint density at radius 3 is 2.65 bits per heavy atom. The highest BCUT2D eigenvalue weighted by atomic mass is 19.1. The quantitative estimate of drug-likeness (QED) is 0.464. The lowest BCUT2D eigenvalue weighted by Gasteiger charge is -2.47. The van der Waals surface area contributed by atoms with E-state index in [-0.39, 0.29) is 41.7 Å². The Kier molecular flexibility index (Phi) is 8.09. The lowest BCUT2D eigenvalue weighted by Crippen LogP contribution is -2.52. The molecule has 3 N–H and O–H groups in total. The number of aliphatic hydroxyl groups excluding tert-OH is 1. The number of rotatable bonds is 9. The molecule has 2 aromatic rings. The van der Waals surface area contributed by atoms with Gasteiger partial charge < -0.3 is 25.2 Å². The summed E-state index contributed by atoms with van der Waals surface area (Å²) in [5.74, 6) is 0.101. The molecule has 2 aliphatic rings. The van der Waals surface area contributed by atoms with Crippen molar-refractivity contribution in [3.63, 3.8) is 0 Å². The molecule has 1 aromatic carbocycles. The molecule has 1 aliphatic heterocycles. The number of hydrogen-bond donors (Lipinski definition) is 3. The van der Waals surface area contributed by atoms with Crippen molar-refractivity contribution in [2.75, 3.05) is 13.7 Å². The predicted molar refractivity (Wildman–Crippen MR) is 140 cm³/mol. The molecule has 1 saturated carbocycles. The second-order valence-electron chi connectivity index (χ2n) is 11.8. The minimum Gasteiger partial charge on any atom is -0.494 e. The fraction of sp³-hybridized carbons (Fsp3) is 0.586. The van der Waals surface area contributed by atoms with Crippen LogP contribution in [0.4, 0.5) is 4.39 Å². The van der Waals surface area contributed by atoms with E-state index in [0.717, 1.165) is 43.2 Å². The van der Waals surface area contributed by atoms with Crippen LogP contribution in [-0.2, 0) is 17.6 Å². The van der Waals surface area contributed by atoms with Gasteiger partial charge >= 0.3 is 0 Å². The molecule has 1 spiro atoms. The first-order chi connectivity index (χ1) is 17.5. The molecule has 1 aliphatic carbocycles. The molecule has 0 radical (unpaired) electrons. The average molecular weight is 514 g/mol. The molecule has 0 bridgehead atoms. The predicted octanol–water partition coefficient (Wildman–Crippen LogP) is 4.26. The Labute approximate surface area is 219 Å². The molecular formula is C29H40FN3O4. The summed E-state index contributed by atoms with van der Waals surface area (Å²) in [6, 6.07) is 6.25. The summed E-state index contributed by atoms with van der Waals surface area (Å²) in [6.45, 7) is 8.28. The van der Waals surface area contributed by atoms with E-state index in [4.69, 9.17) is 9.47 Å². The SMILES string of the molecule is COc1ccc(C[C@H](NC(C)=O)[C@H](O)CN[C@H]2CC3(CCC3)Oc3ncc(CC(C)(C)C)cc32)cc1F. The topological polar surface area (TPSA) is 92.7 Å². The number of halogens is 1. The summed E-state index contributed by atoms with van der Waals surface area (Å²) in [5, 5.41) is 17.5. The van der Waals surface area contributed by atoms with Crippen molar-refractivity contribution in [1.29, 1.82) is 0 Å². The summed E-state index contributed by atoms with van der Waals surface area (Å²) in [6.07, 6.45) is 6.15. The second-order valence-corrected chi connectivity index (χ2v) is 11.8. The number of carbonyl (C=O) groups excluding carboxylic acids is 1. The van der Waals surface area contributed by atoms with Crippen molar-refractivity contribution >= 4 is 5.91 Å². The van der Waals surface area contributed by atoms with Crippen LogP contribution in [0.1, 0.15) is 76.1 Å². The van der Waals surface area contributed by atoms with E-state index in [1.54, 1.807) is 12.1 Å². The Bertz CT molecular complexity index is 1110. The minimum atomic E-state index is -0.886. The zero-order chi connectivity index (χ0) is 26.8. The molecule has 1 amide bonds. The van der Waals surface area contributed by atoms with E-state index in [2.05, 4.69) is 42.5 Å². The largest absolute Gasteiger partial charge is 0.494 e. The zero-order valence-corrected chi connectivity index (χ0v) is 22.6. The van der Waals surface area contributed by atoms with Gasteiger partial charge in [-0.3, -0.25) is 4.79 Å². The van der Waals surface area contributed by atoms with Gasteiger partial charge in [-0.25, -0.2) is 9.37 Å². The number of methoxy groups -OCH3 is 1. The molecule has 202 valence electrons. The average Bonchev–Trinajstić information content (AvgIpc) is 2.79. The van der Waals surface area contributed by atoms with Gasteiger partial charge in [-0.15, -0.1) is 0 Å². The summed E-state index contributed by atoms with van der Waals surface area (Å²) in [5.41, 5.74) is 2.76. The van der Waals surface area contributed by atoms with Crippen LogP contribution in [0.2, 0.25) is 0 Å². The van der Waals surface area contributed by atoms with Crippen LogP contribution in [0.3, 0.4) is 0 Å². The van der Waals surface area contributed by atoms with Crippen LogP contribution in [0.5, 0.6) is 11.6 Å². The van der Waals surface area contributed by atoms with Crippen molar-refractivity contribution in [2.45, 2.75) is 90.0 Å². The monoisotopic (exact) mass is 513 g/mol. The van der Waals surface area contributed by atoms with Crippen molar-refractivity contribution in [1.82, 2.24) is 15.6 Å². The third kappa shape index (κ3) is 6.79. The number of pyridine rings is 1. The van der Waals surface area contributed by atoms with Gasteiger partial charge in [0.25, 0.3) is 0 Å². The van der Waals surface area contributed by atoms with E-state index in [1.807, 2.05) is 6.20 Å². The first-order valence-electron chi connectivity index (χ1n) is 13.2. The molecule has 1 aromatic heterocycles. The third-order valence-corrected chi connectivity index (χ3v) is 7.30. The van der Waals surface area contributed by atoms with Crippen LogP contribution in [0.25, 0.3) is 0 Å². The Morgan fingerprint density at radius 1 is 1.30 bits per heavy atom. The number of nitrogens with one attached hydrogen (secondary N) is 2. The number of aliphatic hydroxyl groups is 1. The second kappa shape index (κ2) is 11.0. The summed E-state index contributed by atoms with van der Waals surface area (Å²) in [7, 11) is 1.41. The standard InChI is InChI=1S/C29H40FN3O4/c1-18(34)33-23(13-19-7-8-26(36-5)22(30)12-19)25(35)17-31-24-15-29(9-6-10-29)37-27-21(24)11-20(16-32-27)14-28(2,3)4/h7-8,11-12,16,23-25,31,35H,6,9-10,13-15,17H2,1-5H3,(H,33,34)/t23-,24-,25+/m0/s1. The van der Waals surface area contributed by atoms with Crippen molar-refractivity contribution in [3.05, 3.63) is 53.0 Å². The van der Waals surface area contributed by atoms with Gasteiger partial charge in [0, 0.05) is 37.7 Å². The van der Waals surface area contributed by atoms with Crippen molar-refractivity contribution < 1.29 is 23.8 Å². The highest BCUT2D eigenvalue weighted by Gasteiger charge is 2.46. The Balaban J connectivity index is 1.50. The van der Waals surface area contributed by atoms with Crippen LogP contribution in [0.15, 0.2) is 30.5 Å². The maximum Gasteiger partial charge on any atom is 0.218 e. The van der Waals surface area contributed by atoms with Crippen LogP contribution in [0, 0.1) is 11.2 Å². The summed E-state index contributed by atoms with van der Waals surface area (Å²) >= 11 is 0. The first-order valence-corrected chi connectivity index (χ1v) is 13.2. The molecule has 3 atom stereocenters. The van der Waals surface area contributed by atoms with Gasteiger partial charge in [-0.2, -0.15) is 0 Å². The molecule has 2 heterocycles. The molecule has 7 nitrogen and oxygen atoms in total. The number of nitrogens with zero attached hydrogens (tertiary/aromatic N) is 1.